The molecular formula is C38H59N5O7S. The maximum Gasteiger partial charge on any atom is 0.306 e. The second-order valence-electron chi connectivity index (χ2n) is 14.0. The van der Waals surface area contributed by atoms with Gasteiger partial charge in [0, 0.05) is 37.9 Å². The van der Waals surface area contributed by atoms with E-state index in [0.717, 1.165) is 24.9 Å². The van der Waals surface area contributed by atoms with E-state index in [-0.39, 0.29) is 48.7 Å². The van der Waals surface area contributed by atoms with E-state index >= 15 is 0 Å². The number of rotatable bonds is 22. The topological polar surface area (TPSA) is 158 Å². The Bertz CT molecular complexity index is 1420. The maximum atomic E-state index is 14.1. The summed E-state index contributed by atoms with van der Waals surface area (Å²) in [4.78, 5) is 72.6. The molecule has 0 unspecified atom stereocenters. The van der Waals surface area contributed by atoms with Crippen LogP contribution < -0.4 is 10.6 Å². The van der Waals surface area contributed by atoms with Gasteiger partial charge < -0.3 is 25.4 Å². The zero-order valence-corrected chi connectivity index (χ0v) is 32.6. The molecule has 1 heterocycles. The summed E-state index contributed by atoms with van der Waals surface area (Å²) in [6.45, 7) is 13.9. The fourth-order valence-electron chi connectivity index (χ4n) is 5.95. The van der Waals surface area contributed by atoms with Gasteiger partial charge in [0.2, 0.25) is 11.8 Å². The molecule has 1 aromatic carbocycles. The first-order valence-electron chi connectivity index (χ1n) is 18.0. The van der Waals surface area contributed by atoms with E-state index < -0.39 is 48.0 Å². The third kappa shape index (κ3) is 14.4. The molecule has 13 heteroatoms. The molecule has 0 radical (unpaired) electrons. The number of carboxylic acid groups (broad SMARTS) is 1. The van der Waals surface area contributed by atoms with Gasteiger partial charge >= 0.3 is 11.9 Å². The lowest BCUT2D eigenvalue weighted by Gasteiger charge is -2.37. The van der Waals surface area contributed by atoms with E-state index in [1.807, 2.05) is 70.0 Å². The second kappa shape index (κ2) is 21.5. The smallest absolute Gasteiger partial charge is 0.306 e. The van der Waals surface area contributed by atoms with Crippen LogP contribution in [-0.2, 0) is 30.3 Å². The van der Waals surface area contributed by atoms with Gasteiger partial charge in [0.25, 0.3) is 5.91 Å². The van der Waals surface area contributed by atoms with E-state index in [0.29, 0.717) is 17.8 Å². The Hall–Kier alpha value is -3.84. The number of likely N-dealkylation sites (N-methyl/N-ethyl adjacent to an activating group) is 2. The van der Waals surface area contributed by atoms with Crippen molar-refractivity contribution in [2.24, 2.45) is 17.8 Å². The molecule has 0 saturated carbocycles. The summed E-state index contributed by atoms with van der Waals surface area (Å²) in [5, 5.41) is 17.5. The van der Waals surface area contributed by atoms with Crippen LogP contribution >= 0.6 is 11.3 Å². The first-order valence-corrected chi connectivity index (χ1v) is 18.9. The number of hydrogen-bond donors (Lipinski definition) is 3. The van der Waals surface area contributed by atoms with Gasteiger partial charge in [-0.25, -0.2) is 4.98 Å². The number of nitrogens with one attached hydrogen (secondary N) is 2. The van der Waals surface area contributed by atoms with Crippen molar-refractivity contribution < 1.29 is 33.8 Å². The van der Waals surface area contributed by atoms with E-state index in [9.17, 15) is 29.1 Å². The zero-order chi connectivity index (χ0) is 38.2. The number of thiazole rings is 1. The molecule has 2 aromatic rings. The third-order valence-electron chi connectivity index (χ3n) is 9.23. The Kier molecular flexibility index (Phi) is 18.3. The van der Waals surface area contributed by atoms with E-state index in [4.69, 9.17) is 4.74 Å². The first-order chi connectivity index (χ1) is 24.1. The number of nitrogens with zero attached hydrogens (tertiary/aromatic N) is 3. The fraction of sp³-hybridized carbons (Fsp3) is 0.632. The summed E-state index contributed by atoms with van der Waals surface area (Å²) in [7, 11) is 3.60. The van der Waals surface area contributed by atoms with Gasteiger partial charge in [0.15, 0.2) is 6.10 Å². The summed E-state index contributed by atoms with van der Waals surface area (Å²) < 4.78 is 5.75. The van der Waals surface area contributed by atoms with Gasteiger partial charge in [-0.1, -0.05) is 84.7 Å². The lowest BCUT2D eigenvalue weighted by Crippen LogP contribution is -2.55. The van der Waals surface area contributed by atoms with Crippen molar-refractivity contribution in [3.63, 3.8) is 0 Å². The van der Waals surface area contributed by atoms with Gasteiger partial charge in [-0.15, -0.1) is 11.3 Å². The molecule has 0 aliphatic carbocycles. The van der Waals surface area contributed by atoms with Crippen LogP contribution in [0.1, 0.15) is 108 Å². The number of ether oxygens (including phenoxy) is 1. The summed E-state index contributed by atoms with van der Waals surface area (Å²) in [5.41, 5.74) is 1.09. The van der Waals surface area contributed by atoms with Crippen LogP contribution in [0.3, 0.4) is 0 Å². The highest BCUT2D eigenvalue weighted by Crippen LogP contribution is 2.31. The molecule has 0 aliphatic rings. The highest BCUT2D eigenvalue weighted by Gasteiger charge is 2.35. The molecule has 284 valence electrons. The highest BCUT2D eigenvalue weighted by molar-refractivity contribution is 7.09. The fourth-order valence-corrected chi connectivity index (χ4v) is 6.79. The molecule has 0 aliphatic heterocycles. The third-order valence-corrected chi connectivity index (χ3v) is 10.2. The molecule has 12 nitrogen and oxygen atoms in total. The molecular weight excluding hydrogens is 671 g/mol. The molecule has 0 bridgehead atoms. The molecule has 2 rings (SSSR count). The predicted molar refractivity (Wildman–Crippen MR) is 199 cm³/mol. The second-order valence-corrected chi connectivity index (χ2v) is 14.9. The van der Waals surface area contributed by atoms with E-state index in [1.54, 1.807) is 24.3 Å². The number of aromatic nitrogens is 1. The number of esters is 1. The number of carbonyl (C=O) groups excluding carboxylic acids is 4. The van der Waals surface area contributed by atoms with Crippen molar-refractivity contribution in [3.8, 4) is 0 Å². The SMILES string of the molecule is CCCCN(C)CC(=O)N[C@H](C(=O)N(C)[C@H](C[C@@H](OC(C)=O)c1nc(C(=O)N[C@@H](Cc2ccccc2)C[C@H](C)C(=O)O)cs1)C(C)C)[C@@H](C)CC. The van der Waals surface area contributed by atoms with Crippen molar-refractivity contribution in [2.45, 2.75) is 111 Å². The minimum Gasteiger partial charge on any atom is -0.481 e. The molecule has 51 heavy (non-hydrogen) atoms. The van der Waals surface area contributed by atoms with Gasteiger partial charge in [0.1, 0.15) is 16.7 Å². The van der Waals surface area contributed by atoms with Crippen LogP contribution in [0.2, 0.25) is 0 Å². The van der Waals surface area contributed by atoms with Crippen LogP contribution in [0.4, 0.5) is 0 Å². The first kappa shape index (κ1) is 43.3. The van der Waals surface area contributed by atoms with Crippen LogP contribution in [0.15, 0.2) is 35.7 Å². The maximum absolute atomic E-state index is 14.1. The quantitative estimate of drug-likeness (QED) is 0.136. The van der Waals surface area contributed by atoms with E-state index in [2.05, 4.69) is 22.5 Å². The van der Waals surface area contributed by atoms with Crippen LogP contribution in [0, 0.1) is 17.8 Å². The number of carbonyl (C=O) groups is 5. The molecule has 6 atom stereocenters. The number of benzene rings is 1. The molecule has 0 saturated heterocycles. The molecule has 3 amide bonds. The van der Waals surface area contributed by atoms with E-state index in [1.165, 1.54) is 18.3 Å². The minimum atomic E-state index is -0.946. The Balaban J connectivity index is 2.28. The Labute approximate surface area is 307 Å². The summed E-state index contributed by atoms with van der Waals surface area (Å²) in [5.74, 6) is -3.22. The number of amides is 3. The molecule has 0 spiro atoms. The van der Waals surface area contributed by atoms with Crippen molar-refractivity contribution in [1.82, 2.24) is 25.4 Å². The predicted octanol–water partition coefficient (Wildman–Crippen LogP) is 5.34. The highest BCUT2D eigenvalue weighted by atomic mass is 32.1. The minimum absolute atomic E-state index is 0.0526. The lowest BCUT2D eigenvalue weighted by molar-refractivity contribution is -0.149. The summed E-state index contributed by atoms with van der Waals surface area (Å²) in [6.07, 6.45) is 2.74. The van der Waals surface area contributed by atoms with Crippen molar-refractivity contribution in [2.75, 3.05) is 27.2 Å². The number of carboxylic acids is 1. The van der Waals surface area contributed by atoms with Gasteiger partial charge in [-0.3, -0.25) is 28.9 Å². The average molecular weight is 730 g/mol. The normalized spacial score (nSPS) is 15.0. The van der Waals surface area contributed by atoms with Crippen LogP contribution in [0.25, 0.3) is 0 Å². The molecule has 0 fully saturated rings. The molecule has 3 N–H and O–H groups in total. The van der Waals surface area contributed by atoms with Crippen molar-refractivity contribution >= 4 is 41.0 Å². The standard InChI is InChI=1S/C38H59N5O7S/c1-10-12-18-42(8)22-33(45)41-34(25(5)11-2)37(47)43(9)31(24(3)4)21-32(50-27(7)44)36-40-30(23-51-36)35(46)39-29(19-26(6)38(48)49)20-28-16-14-13-15-17-28/h13-17,23-26,29,31-32,34H,10-12,18-22H2,1-9H3,(H,39,46)(H,41,45)(H,48,49)/t25-,26-,29+,31+,32+,34-/m0/s1. The molecule has 1 aromatic heterocycles. The number of aliphatic carboxylic acids is 1. The largest absolute Gasteiger partial charge is 0.481 e. The van der Waals surface area contributed by atoms with Crippen molar-refractivity contribution in [1.29, 1.82) is 0 Å². The van der Waals surface area contributed by atoms with Gasteiger partial charge in [-0.05, 0) is 50.3 Å². The van der Waals surface area contributed by atoms with Crippen LogP contribution in [-0.4, -0.2) is 94.9 Å². The zero-order valence-electron chi connectivity index (χ0n) is 31.8. The Morgan fingerprint density at radius 2 is 1.65 bits per heavy atom. The lowest BCUT2D eigenvalue weighted by atomic mass is 9.93. The summed E-state index contributed by atoms with van der Waals surface area (Å²) in [6, 6.07) is 7.93. The van der Waals surface area contributed by atoms with Crippen molar-refractivity contribution in [3.05, 3.63) is 52.0 Å². The number of unbranched alkanes of at least 4 members (excludes halogenated alkanes) is 1. The monoisotopic (exact) mass is 729 g/mol. The Morgan fingerprint density at radius 3 is 2.22 bits per heavy atom. The summed E-state index contributed by atoms with van der Waals surface area (Å²) >= 11 is 1.18. The van der Waals surface area contributed by atoms with Gasteiger partial charge in [0.05, 0.1) is 12.5 Å². The van der Waals surface area contributed by atoms with Gasteiger partial charge in [-0.2, -0.15) is 0 Å². The number of hydrogen-bond acceptors (Lipinski definition) is 9. The van der Waals surface area contributed by atoms with Crippen LogP contribution in [0.5, 0.6) is 0 Å². The average Bonchev–Trinajstić information content (AvgIpc) is 3.58. The Morgan fingerprint density at radius 1 is 0.980 bits per heavy atom.